The first-order valence-corrected chi connectivity index (χ1v) is 9.82. The Morgan fingerprint density at radius 1 is 1.35 bits per heavy atom. The molecule has 140 valence electrons. The van der Waals surface area contributed by atoms with Gasteiger partial charge in [-0.25, -0.2) is 0 Å². The summed E-state index contributed by atoms with van der Waals surface area (Å²) >= 11 is 0. The number of nitrogens with zero attached hydrogens (tertiary/aromatic N) is 5. The van der Waals surface area contributed by atoms with E-state index in [0.29, 0.717) is 23.4 Å². The Morgan fingerprint density at radius 3 is 2.96 bits per heavy atom. The van der Waals surface area contributed by atoms with Crippen LogP contribution in [0.5, 0.6) is 0 Å². The zero-order valence-electron chi connectivity index (χ0n) is 15.7. The lowest BCUT2D eigenvalue weighted by molar-refractivity contribution is 0.0653. The van der Waals surface area contributed by atoms with Crippen molar-refractivity contribution in [3.8, 4) is 0 Å². The summed E-state index contributed by atoms with van der Waals surface area (Å²) in [7, 11) is 0. The molecule has 2 fully saturated rings. The van der Waals surface area contributed by atoms with Gasteiger partial charge < -0.3 is 4.90 Å². The van der Waals surface area contributed by atoms with Gasteiger partial charge >= 0.3 is 0 Å². The van der Waals surface area contributed by atoms with E-state index < -0.39 is 0 Å². The summed E-state index contributed by atoms with van der Waals surface area (Å²) in [5.74, 6) is 1.64. The first-order valence-electron chi connectivity index (χ1n) is 9.82. The van der Waals surface area contributed by atoms with Crippen molar-refractivity contribution in [2.45, 2.75) is 58.4 Å². The van der Waals surface area contributed by atoms with Gasteiger partial charge in [0.05, 0.1) is 5.69 Å². The molecule has 7 nitrogen and oxygen atoms in total. The van der Waals surface area contributed by atoms with Gasteiger partial charge in [0.15, 0.2) is 0 Å². The molecule has 0 radical (unpaired) electrons. The summed E-state index contributed by atoms with van der Waals surface area (Å²) in [6.45, 7) is 6.78. The molecule has 1 saturated heterocycles. The van der Waals surface area contributed by atoms with E-state index in [-0.39, 0.29) is 5.91 Å². The molecule has 2 aromatic rings. The molecule has 2 aromatic heterocycles. The van der Waals surface area contributed by atoms with Crippen molar-refractivity contribution in [3.05, 3.63) is 29.3 Å². The smallest absolute Gasteiger partial charge is 0.274 e. The van der Waals surface area contributed by atoms with Crippen LogP contribution in [-0.2, 0) is 13.0 Å². The quantitative estimate of drug-likeness (QED) is 0.863. The van der Waals surface area contributed by atoms with E-state index in [9.17, 15) is 4.79 Å². The van der Waals surface area contributed by atoms with E-state index in [1.54, 1.807) is 0 Å². The number of piperidine rings is 1. The highest BCUT2D eigenvalue weighted by atomic mass is 16.2. The Kier molecular flexibility index (Phi) is 4.78. The van der Waals surface area contributed by atoms with Crippen LogP contribution in [0.3, 0.4) is 0 Å². The number of nitrogens with one attached hydrogen (secondary N) is 1. The number of hydrogen-bond donors (Lipinski definition) is 1. The SMILES string of the molecule is CC(C)Cc1cn(CC2CCCN(C(=O)c3cc(C4CC4)[nH]n3)C2)nn1. The summed E-state index contributed by atoms with van der Waals surface area (Å²) in [6, 6.07) is 1.94. The Morgan fingerprint density at radius 2 is 2.19 bits per heavy atom. The lowest BCUT2D eigenvalue weighted by atomic mass is 9.97. The number of amides is 1. The standard InChI is InChI=1S/C19H28N6O/c1-13(2)8-16-12-25(23-20-16)11-14-4-3-7-24(10-14)19(26)18-9-17(21-22-18)15-5-6-15/h9,12-15H,3-8,10-11H2,1-2H3,(H,21,22). The minimum absolute atomic E-state index is 0.0527. The van der Waals surface area contributed by atoms with Crippen molar-refractivity contribution in [2.75, 3.05) is 13.1 Å². The highest BCUT2D eigenvalue weighted by Crippen LogP contribution is 2.39. The molecule has 1 amide bonds. The maximum Gasteiger partial charge on any atom is 0.274 e. The average Bonchev–Trinajstić information content (AvgIpc) is 3.19. The van der Waals surface area contributed by atoms with Crippen LogP contribution in [0.4, 0.5) is 0 Å². The third-order valence-corrected chi connectivity index (χ3v) is 5.29. The molecular formula is C19H28N6O. The number of rotatable bonds is 6. The molecule has 3 heterocycles. The Hall–Kier alpha value is -2.18. The lowest BCUT2D eigenvalue weighted by Gasteiger charge is -2.32. The number of hydrogen-bond acceptors (Lipinski definition) is 4. The molecular weight excluding hydrogens is 328 g/mol. The van der Waals surface area contributed by atoms with E-state index in [1.165, 1.54) is 12.8 Å². The van der Waals surface area contributed by atoms with Crippen LogP contribution in [-0.4, -0.2) is 49.1 Å². The zero-order valence-corrected chi connectivity index (χ0v) is 15.7. The average molecular weight is 356 g/mol. The molecule has 0 aromatic carbocycles. The van der Waals surface area contributed by atoms with E-state index in [4.69, 9.17) is 0 Å². The van der Waals surface area contributed by atoms with E-state index in [0.717, 1.165) is 50.3 Å². The third kappa shape index (κ3) is 3.97. The van der Waals surface area contributed by atoms with Crippen LogP contribution < -0.4 is 0 Å². The Labute approximate surface area is 154 Å². The summed E-state index contributed by atoms with van der Waals surface area (Å²) in [5.41, 5.74) is 2.72. The Balaban J connectivity index is 1.35. The zero-order chi connectivity index (χ0) is 18.1. The van der Waals surface area contributed by atoms with Gasteiger partial charge in [-0.05, 0) is 50.0 Å². The number of H-pyrrole nitrogens is 1. The van der Waals surface area contributed by atoms with Crippen LogP contribution in [0.1, 0.15) is 67.3 Å². The van der Waals surface area contributed by atoms with Crippen molar-refractivity contribution in [3.63, 3.8) is 0 Å². The molecule has 1 saturated carbocycles. The lowest BCUT2D eigenvalue weighted by Crippen LogP contribution is -2.41. The molecule has 0 bridgehead atoms. The normalized spacial score (nSPS) is 20.7. The minimum Gasteiger partial charge on any atom is -0.337 e. The van der Waals surface area contributed by atoms with Gasteiger partial charge in [0, 0.05) is 37.4 Å². The second kappa shape index (κ2) is 7.21. The molecule has 7 heteroatoms. The predicted molar refractivity (Wildman–Crippen MR) is 97.8 cm³/mol. The summed E-state index contributed by atoms with van der Waals surface area (Å²) in [4.78, 5) is 14.7. The summed E-state index contributed by atoms with van der Waals surface area (Å²) < 4.78 is 1.94. The molecule has 1 unspecified atom stereocenters. The van der Waals surface area contributed by atoms with Crippen molar-refractivity contribution in [2.24, 2.45) is 11.8 Å². The monoisotopic (exact) mass is 356 g/mol. The highest BCUT2D eigenvalue weighted by molar-refractivity contribution is 5.92. The molecule has 1 atom stereocenters. The van der Waals surface area contributed by atoms with Crippen molar-refractivity contribution in [1.82, 2.24) is 30.1 Å². The molecule has 2 aliphatic rings. The van der Waals surface area contributed by atoms with Crippen molar-refractivity contribution < 1.29 is 4.79 Å². The fraction of sp³-hybridized carbons (Fsp3) is 0.684. The number of aromatic nitrogens is 5. The second-order valence-corrected chi connectivity index (χ2v) is 8.27. The third-order valence-electron chi connectivity index (χ3n) is 5.29. The molecule has 1 N–H and O–H groups in total. The molecule has 0 spiro atoms. The van der Waals surface area contributed by atoms with Crippen molar-refractivity contribution in [1.29, 1.82) is 0 Å². The topological polar surface area (TPSA) is 79.7 Å². The van der Waals surface area contributed by atoms with Gasteiger partial charge in [0.1, 0.15) is 5.69 Å². The molecule has 26 heavy (non-hydrogen) atoms. The van der Waals surface area contributed by atoms with Crippen LogP contribution in [0.25, 0.3) is 0 Å². The first-order chi connectivity index (χ1) is 12.6. The van der Waals surface area contributed by atoms with Gasteiger partial charge in [-0.1, -0.05) is 19.1 Å². The first kappa shape index (κ1) is 17.2. The van der Waals surface area contributed by atoms with Crippen molar-refractivity contribution >= 4 is 5.91 Å². The maximum absolute atomic E-state index is 12.8. The van der Waals surface area contributed by atoms with Gasteiger partial charge in [-0.3, -0.25) is 14.6 Å². The molecule has 1 aliphatic carbocycles. The van der Waals surface area contributed by atoms with Gasteiger partial charge in [0.25, 0.3) is 5.91 Å². The highest BCUT2D eigenvalue weighted by Gasteiger charge is 2.29. The molecule has 4 rings (SSSR count). The van der Waals surface area contributed by atoms with Gasteiger partial charge in [-0.15, -0.1) is 5.10 Å². The summed E-state index contributed by atoms with van der Waals surface area (Å²) in [5, 5.41) is 15.8. The fourth-order valence-electron chi connectivity index (χ4n) is 3.81. The van der Waals surface area contributed by atoms with Crippen LogP contribution in [0, 0.1) is 11.8 Å². The van der Waals surface area contributed by atoms with Gasteiger partial charge in [0.2, 0.25) is 0 Å². The second-order valence-electron chi connectivity index (χ2n) is 8.27. The minimum atomic E-state index is 0.0527. The van der Waals surface area contributed by atoms with Crippen LogP contribution >= 0.6 is 0 Å². The van der Waals surface area contributed by atoms with Crippen LogP contribution in [0.15, 0.2) is 12.3 Å². The van der Waals surface area contributed by atoms with Gasteiger partial charge in [-0.2, -0.15) is 5.10 Å². The predicted octanol–water partition coefficient (Wildman–Crippen LogP) is 2.63. The van der Waals surface area contributed by atoms with Crippen LogP contribution in [0.2, 0.25) is 0 Å². The fourth-order valence-corrected chi connectivity index (χ4v) is 3.81. The Bertz CT molecular complexity index is 760. The molecule has 1 aliphatic heterocycles. The number of likely N-dealkylation sites (tertiary alicyclic amines) is 1. The van der Waals surface area contributed by atoms with E-state index in [1.807, 2.05) is 15.6 Å². The van der Waals surface area contributed by atoms with E-state index >= 15 is 0 Å². The summed E-state index contributed by atoms with van der Waals surface area (Å²) in [6.07, 6.45) is 7.58. The maximum atomic E-state index is 12.8. The number of carbonyl (C=O) groups excluding carboxylic acids is 1. The largest absolute Gasteiger partial charge is 0.337 e. The number of aromatic amines is 1. The number of carbonyl (C=O) groups is 1. The van der Waals surface area contributed by atoms with E-state index in [2.05, 4.69) is 40.6 Å².